The Morgan fingerprint density at radius 2 is 1.61 bits per heavy atom. The highest BCUT2D eigenvalue weighted by atomic mass is 32.2. The Morgan fingerprint density at radius 3 is 1.94 bits per heavy atom. The van der Waals surface area contributed by atoms with Crippen molar-refractivity contribution in [2.24, 2.45) is 0 Å². The fraction of sp³-hybridized carbons (Fsp3) is 0.111. The van der Waals surface area contributed by atoms with Gasteiger partial charge in [0.2, 0.25) is 0 Å². The van der Waals surface area contributed by atoms with Crippen molar-refractivity contribution in [1.29, 1.82) is 0 Å². The lowest BCUT2D eigenvalue weighted by Crippen LogP contribution is -2.10. The zero-order valence-corrected chi connectivity index (χ0v) is 11.1. The quantitative estimate of drug-likeness (QED) is 0.714. The molecule has 0 fully saturated rings. The average molecular weight is 295 g/mol. The molecule has 0 aromatic heterocycles. The van der Waals surface area contributed by atoms with E-state index in [0.717, 1.165) is 6.07 Å². The van der Waals surface area contributed by atoms with Crippen molar-refractivity contribution in [3.05, 3.63) is 30.3 Å². The highest BCUT2D eigenvalue weighted by Crippen LogP contribution is 2.28. The molecule has 0 heterocycles. The summed E-state index contributed by atoms with van der Waals surface area (Å²) in [6.07, 6.45) is 0. The van der Waals surface area contributed by atoms with Crippen LogP contribution in [0.25, 0.3) is 5.57 Å². The molecule has 0 saturated heterocycles. The molecule has 0 unspecified atom stereocenters. The van der Waals surface area contributed by atoms with E-state index in [-0.39, 0.29) is 17.3 Å². The number of hydrogen-bond donors (Lipinski definition) is 3. The monoisotopic (exact) mass is 295 g/mol. The molecule has 0 aliphatic heterocycles. The van der Waals surface area contributed by atoms with Crippen LogP contribution >= 0.6 is 0 Å². The van der Waals surface area contributed by atoms with Crippen LogP contribution in [0.5, 0.6) is 0 Å². The van der Waals surface area contributed by atoms with Gasteiger partial charge in [-0.2, -0.15) is 16.8 Å². The third kappa shape index (κ3) is 3.37. The summed E-state index contributed by atoms with van der Waals surface area (Å²) < 4.78 is 62.3. The van der Waals surface area contributed by atoms with Crippen molar-refractivity contribution >= 4 is 25.8 Å². The molecule has 9 heteroatoms. The van der Waals surface area contributed by atoms with Gasteiger partial charge in [0.1, 0.15) is 9.79 Å². The molecule has 0 saturated carbocycles. The van der Waals surface area contributed by atoms with Gasteiger partial charge in [0.15, 0.2) is 0 Å². The molecule has 0 aliphatic carbocycles. The average Bonchev–Trinajstić information content (AvgIpc) is 2.13. The minimum Gasteiger partial charge on any atom is -0.344 e. The Balaban J connectivity index is 0.00000289. The van der Waals surface area contributed by atoms with Gasteiger partial charge in [0.05, 0.1) is 0 Å². The van der Waals surface area contributed by atoms with Crippen LogP contribution in [0.4, 0.5) is 0 Å². The van der Waals surface area contributed by atoms with Crippen LogP contribution in [-0.2, 0) is 20.2 Å². The second kappa shape index (κ2) is 5.16. The molecule has 0 aliphatic rings. The van der Waals surface area contributed by atoms with E-state index in [4.69, 9.17) is 9.11 Å². The molecule has 18 heavy (non-hydrogen) atoms. The lowest BCUT2D eigenvalue weighted by Gasteiger charge is -2.10. The molecule has 0 radical (unpaired) electrons. The van der Waals surface area contributed by atoms with E-state index in [9.17, 15) is 16.8 Å². The third-order valence-corrected chi connectivity index (χ3v) is 3.96. The van der Waals surface area contributed by atoms with E-state index in [1.54, 1.807) is 0 Å². The summed E-state index contributed by atoms with van der Waals surface area (Å²) in [5.41, 5.74) is 0.172. The summed E-state index contributed by atoms with van der Waals surface area (Å²) in [4.78, 5) is -1.74. The number of hydrogen-bond acceptors (Lipinski definition) is 5. The Morgan fingerprint density at radius 1 is 1.11 bits per heavy atom. The molecular weight excluding hydrogens is 282 g/mol. The predicted molar refractivity (Wildman–Crippen MR) is 65.8 cm³/mol. The highest BCUT2D eigenvalue weighted by Gasteiger charge is 2.27. The SMILES string of the molecule is C=C(C)c1cccc(S(=O)(=O)O)c1S(=O)(=O)O.N. The molecule has 102 valence electrons. The fourth-order valence-electron chi connectivity index (χ4n) is 1.32. The molecule has 0 atom stereocenters. The number of allylic oxidation sites excluding steroid dienone is 1. The van der Waals surface area contributed by atoms with Crippen molar-refractivity contribution in [1.82, 2.24) is 6.15 Å². The first-order valence-corrected chi connectivity index (χ1v) is 7.17. The van der Waals surface area contributed by atoms with Gasteiger partial charge in [-0.1, -0.05) is 18.7 Å². The van der Waals surface area contributed by atoms with Crippen LogP contribution in [0.2, 0.25) is 0 Å². The molecule has 0 spiro atoms. The van der Waals surface area contributed by atoms with Gasteiger partial charge in [-0.15, -0.1) is 0 Å². The molecule has 1 aromatic rings. The first kappa shape index (κ1) is 16.7. The van der Waals surface area contributed by atoms with Crippen LogP contribution in [0.15, 0.2) is 34.6 Å². The maximum absolute atomic E-state index is 11.2. The number of rotatable bonds is 3. The zero-order valence-electron chi connectivity index (χ0n) is 9.49. The fourth-order valence-corrected chi connectivity index (χ4v) is 3.39. The summed E-state index contributed by atoms with van der Waals surface area (Å²) >= 11 is 0. The lowest BCUT2D eigenvalue weighted by atomic mass is 10.1. The van der Waals surface area contributed by atoms with E-state index in [1.807, 2.05) is 0 Å². The third-order valence-electron chi connectivity index (χ3n) is 1.97. The maximum atomic E-state index is 11.2. The van der Waals surface area contributed by atoms with Crippen molar-refractivity contribution < 1.29 is 25.9 Å². The Bertz CT molecular complexity index is 675. The highest BCUT2D eigenvalue weighted by molar-refractivity contribution is 7.89. The van der Waals surface area contributed by atoms with Crippen molar-refractivity contribution in [2.45, 2.75) is 16.7 Å². The summed E-state index contributed by atoms with van der Waals surface area (Å²) in [5, 5.41) is 0. The molecular formula is C9H13NO6S2. The van der Waals surface area contributed by atoms with E-state index in [1.165, 1.54) is 19.1 Å². The van der Waals surface area contributed by atoms with E-state index >= 15 is 0 Å². The van der Waals surface area contributed by atoms with Crippen molar-refractivity contribution in [3.8, 4) is 0 Å². The van der Waals surface area contributed by atoms with Gasteiger partial charge in [-0.05, 0) is 24.1 Å². The second-order valence-corrected chi connectivity index (χ2v) is 6.11. The predicted octanol–water partition coefficient (Wildman–Crippen LogP) is 1.38. The number of benzene rings is 1. The smallest absolute Gasteiger partial charge is 0.296 e. The molecule has 0 amide bonds. The maximum Gasteiger partial charge on any atom is 0.296 e. The summed E-state index contributed by atoms with van der Waals surface area (Å²) in [6.45, 7) is 4.91. The summed E-state index contributed by atoms with van der Waals surface area (Å²) in [7, 11) is -9.55. The van der Waals surface area contributed by atoms with E-state index in [2.05, 4.69) is 6.58 Å². The Kier molecular flexibility index (Phi) is 4.80. The molecule has 1 aromatic carbocycles. The van der Waals surface area contributed by atoms with Crippen LogP contribution < -0.4 is 6.15 Å². The van der Waals surface area contributed by atoms with Crippen LogP contribution in [0.3, 0.4) is 0 Å². The second-order valence-electron chi connectivity index (χ2n) is 3.36. The Labute approximate surface area is 105 Å². The molecule has 1 rings (SSSR count). The van der Waals surface area contributed by atoms with Crippen molar-refractivity contribution in [3.63, 3.8) is 0 Å². The molecule has 5 N–H and O–H groups in total. The summed E-state index contributed by atoms with van der Waals surface area (Å²) in [5.74, 6) is 0. The minimum absolute atomic E-state index is 0. The molecule has 0 bridgehead atoms. The van der Waals surface area contributed by atoms with Crippen LogP contribution in [-0.4, -0.2) is 25.9 Å². The zero-order chi connectivity index (χ0) is 13.4. The van der Waals surface area contributed by atoms with Crippen molar-refractivity contribution in [2.75, 3.05) is 0 Å². The van der Waals surface area contributed by atoms with E-state index in [0.29, 0.717) is 0 Å². The Hall–Kier alpha value is -1.26. The normalized spacial score (nSPS) is 11.7. The van der Waals surface area contributed by atoms with Gasteiger partial charge in [0, 0.05) is 0 Å². The van der Waals surface area contributed by atoms with Crippen LogP contribution in [0.1, 0.15) is 12.5 Å². The van der Waals surface area contributed by atoms with Gasteiger partial charge in [-0.25, -0.2) is 0 Å². The van der Waals surface area contributed by atoms with Crippen LogP contribution in [0, 0.1) is 0 Å². The van der Waals surface area contributed by atoms with Gasteiger partial charge in [-0.3, -0.25) is 9.11 Å². The van der Waals surface area contributed by atoms with Gasteiger partial charge < -0.3 is 6.15 Å². The minimum atomic E-state index is -4.79. The molecule has 7 nitrogen and oxygen atoms in total. The standard InChI is InChI=1S/C9H10O6S2.H3N/c1-6(2)7-4-3-5-8(16(10,11)12)9(7)17(13,14)15;/h3-5H,1H2,2H3,(H,10,11,12)(H,13,14,15);1H3. The largest absolute Gasteiger partial charge is 0.344 e. The topological polar surface area (TPSA) is 144 Å². The van der Waals surface area contributed by atoms with E-state index < -0.39 is 30.0 Å². The lowest BCUT2D eigenvalue weighted by molar-refractivity contribution is 0.466. The summed E-state index contributed by atoms with van der Waals surface area (Å²) in [6, 6.07) is 3.40. The first-order valence-electron chi connectivity index (χ1n) is 4.29. The first-order chi connectivity index (χ1) is 7.55. The van der Waals surface area contributed by atoms with Gasteiger partial charge >= 0.3 is 0 Å². The van der Waals surface area contributed by atoms with Gasteiger partial charge in [0.25, 0.3) is 20.2 Å².